The summed E-state index contributed by atoms with van der Waals surface area (Å²) in [6.07, 6.45) is 0. The van der Waals surface area contributed by atoms with Gasteiger partial charge in [0, 0.05) is 0 Å². The Morgan fingerprint density at radius 2 is 1.05 bits per heavy atom. The zero-order valence-corrected chi connectivity index (χ0v) is 21.6. The third kappa shape index (κ3) is 5.14. The fraction of sp³-hybridized carbons (Fsp3) is 1.00. The number of rotatable bonds is 9. The molecule has 0 fully saturated rings. The lowest BCUT2D eigenvalue weighted by atomic mass is 10.5. The van der Waals surface area contributed by atoms with Gasteiger partial charge in [0.2, 0.25) is 7.83 Å². The Labute approximate surface area is 145 Å². The van der Waals surface area contributed by atoms with Gasteiger partial charge in [-0.15, -0.1) is 0 Å². The molecule has 0 aliphatic carbocycles. The van der Waals surface area contributed by atoms with Crippen LogP contribution in [0.2, 0.25) is 48.4 Å². The van der Waals surface area contributed by atoms with Crippen LogP contribution < -0.4 is 0 Å². The van der Waals surface area contributed by atoms with Crippen molar-refractivity contribution in [2.24, 2.45) is 0 Å². The Bertz CT molecular complexity index is 312. The second kappa shape index (κ2) is 8.76. The van der Waals surface area contributed by atoms with Crippen molar-refractivity contribution in [3.8, 4) is 0 Å². The molecule has 134 valence electrons. The Morgan fingerprint density at radius 1 is 0.682 bits per heavy atom. The minimum Gasteiger partial charge on any atom is -0.458 e. The lowest BCUT2D eigenvalue weighted by Gasteiger charge is -2.52. The second-order valence-electron chi connectivity index (χ2n) is 8.85. The van der Waals surface area contributed by atoms with Crippen LogP contribution in [0.5, 0.6) is 0 Å². The Morgan fingerprint density at radius 3 is 1.27 bits per heavy atom. The molecule has 0 atom stereocenters. The summed E-state index contributed by atoms with van der Waals surface area (Å²) in [4.78, 5) is 0. The molecule has 0 aromatic heterocycles. The average molecular weight is 379 g/mol. The minimum atomic E-state index is -1.92. The Hall–Kier alpha value is 0.788. The molecule has 0 spiro atoms. The van der Waals surface area contributed by atoms with Gasteiger partial charge in [0.1, 0.15) is 0 Å². The minimum absolute atomic E-state index is 0.634. The molecule has 0 rings (SSSR count). The standard InChI is InChI=1S/C16H42O2Si4/c1-13(2)20(14(3)4)18-22(15(5)6,16(7)8)21(11,12)17-19(9)10/h13-16,19-20H,1-12H3. The molecule has 6 heteroatoms. The summed E-state index contributed by atoms with van der Waals surface area (Å²) >= 11 is 0. The molecular formula is C16H42O2Si4. The van der Waals surface area contributed by atoms with E-state index in [0.29, 0.717) is 22.2 Å². The van der Waals surface area contributed by atoms with Gasteiger partial charge in [-0.3, -0.25) is 0 Å². The molecule has 0 aromatic carbocycles. The van der Waals surface area contributed by atoms with Gasteiger partial charge >= 0.3 is 0 Å². The highest BCUT2D eigenvalue weighted by Crippen LogP contribution is 2.44. The first-order chi connectivity index (χ1) is 9.79. The first-order valence-corrected chi connectivity index (χ1v) is 19.7. The van der Waals surface area contributed by atoms with Crippen molar-refractivity contribution in [1.29, 1.82) is 0 Å². The van der Waals surface area contributed by atoms with Gasteiger partial charge in [-0.2, -0.15) is 0 Å². The van der Waals surface area contributed by atoms with Gasteiger partial charge in [-0.1, -0.05) is 55.4 Å². The van der Waals surface area contributed by atoms with Crippen LogP contribution in [0.15, 0.2) is 0 Å². The molecule has 2 nitrogen and oxygen atoms in total. The maximum atomic E-state index is 7.29. The van der Waals surface area contributed by atoms with Gasteiger partial charge in [0.05, 0.1) is 0 Å². The number of hydrogen-bond acceptors (Lipinski definition) is 2. The summed E-state index contributed by atoms with van der Waals surface area (Å²) in [6, 6.07) is 0. The van der Waals surface area contributed by atoms with Crippen molar-refractivity contribution < 1.29 is 8.23 Å². The lowest BCUT2D eigenvalue weighted by molar-refractivity contribution is 0.482. The molecule has 0 bridgehead atoms. The molecular weight excluding hydrogens is 337 g/mol. The molecule has 0 radical (unpaired) electrons. The van der Waals surface area contributed by atoms with E-state index >= 15 is 0 Å². The molecule has 22 heavy (non-hydrogen) atoms. The van der Waals surface area contributed by atoms with E-state index in [2.05, 4.69) is 81.6 Å². The topological polar surface area (TPSA) is 18.5 Å². The van der Waals surface area contributed by atoms with Gasteiger partial charge in [-0.25, -0.2) is 0 Å². The van der Waals surface area contributed by atoms with Crippen molar-refractivity contribution >= 4 is 33.8 Å². The normalized spacial score (nSPS) is 14.5. The summed E-state index contributed by atoms with van der Waals surface area (Å²) in [7, 11) is -6.00. The van der Waals surface area contributed by atoms with Crippen LogP contribution in [0.3, 0.4) is 0 Å². The molecule has 0 aliphatic heterocycles. The van der Waals surface area contributed by atoms with Crippen molar-refractivity contribution in [3.63, 3.8) is 0 Å². The zero-order valence-electron chi connectivity index (χ0n) is 17.3. The van der Waals surface area contributed by atoms with Crippen LogP contribution in [-0.2, 0) is 8.23 Å². The van der Waals surface area contributed by atoms with Crippen molar-refractivity contribution in [2.45, 2.75) is 104 Å². The molecule has 0 saturated heterocycles. The predicted molar refractivity (Wildman–Crippen MR) is 112 cm³/mol. The van der Waals surface area contributed by atoms with E-state index < -0.39 is 33.8 Å². The summed E-state index contributed by atoms with van der Waals surface area (Å²) in [6.45, 7) is 28.6. The van der Waals surface area contributed by atoms with Gasteiger partial charge in [-0.05, 0) is 48.4 Å². The van der Waals surface area contributed by atoms with Crippen LogP contribution in [0.1, 0.15) is 55.4 Å². The summed E-state index contributed by atoms with van der Waals surface area (Å²) in [5.41, 5.74) is 2.67. The molecule has 0 unspecified atom stereocenters. The monoisotopic (exact) mass is 378 g/mol. The Balaban J connectivity index is 5.90. The highest BCUT2D eigenvalue weighted by Gasteiger charge is 2.58. The SMILES string of the molecule is CC(C)[SiH](O[Si](C(C)C)(C(C)C)[Si](C)(C)O[SiH](C)C)C(C)C. The fourth-order valence-corrected chi connectivity index (χ4v) is 38.7. The average Bonchev–Trinajstić information content (AvgIpc) is 2.24. The molecule has 0 aromatic rings. The smallest absolute Gasteiger partial charge is 0.202 e. The van der Waals surface area contributed by atoms with Crippen molar-refractivity contribution in [3.05, 3.63) is 0 Å². The van der Waals surface area contributed by atoms with Crippen LogP contribution in [0, 0.1) is 0 Å². The van der Waals surface area contributed by atoms with E-state index in [1.54, 1.807) is 0 Å². The first kappa shape index (κ1) is 22.8. The summed E-state index contributed by atoms with van der Waals surface area (Å²) < 4.78 is 14.0. The second-order valence-corrected chi connectivity index (χ2v) is 29.3. The first-order valence-electron chi connectivity index (χ1n) is 9.15. The predicted octanol–water partition coefficient (Wildman–Crippen LogP) is 5.60. The number of hydrogen-bond donors (Lipinski definition) is 0. The van der Waals surface area contributed by atoms with Crippen molar-refractivity contribution in [1.82, 2.24) is 0 Å². The maximum absolute atomic E-state index is 7.29. The van der Waals surface area contributed by atoms with Gasteiger partial charge < -0.3 is 8.23 Å². The molecule has 0 amide bonds. The van der Waals surface area contributed by atoms with E-state index in [0.717, 1.165) is 0 Å². The fourth-order valence-electron chi connectivity index (χ4n) is 4.42. The maximum Gasteiger partial charge on any atom is 0.202 e. The van der Waals surface area contributed by atoms with Crippen LogP contribution in [0.25, 0.3) is 0 Å². The van der Waals surface area contributed by atoms with Gasteiger partial charge in [0.15, 0.2) is 25.9 Å². The zero-order chi connectivity index (χ0) is 17.9. The molecule has 0 saturated carbocycles. The van der Waals surface area contributed by atoms with E-state index in [9.17, 15) is 0 Å². The van der Waals surface area contributed by atoms with E-state index in [1.165, 1.54) is 0 Å². The molecule has 0 N–H and O–H groups in total. The van der Waals surface area contributed by atoms with Crippen molar-refractivity contribution in [2.75, 3.05) is 0 Å². The highest BCUT2D eigenvalue weighted by molar-refractivity contribution is 7.39. The van der Waals surface area contributed by atoms with Crippen LogP contribution in [0.4, 0.5) is 0 Å². The molecule has 0 aliphatic rings. The summed E-state index contributed by atoms with van der Waals surface area (Å²) in [5.74, 6) is 0. The summed E-state index contributed by atoms with van der Waals surface area (Å²) in [5, 5.41) is 0. The van der Waals surface area contributed by atoms with E-state index in [1.807, 2.05) is 0 Å². The molecule has 0 heterocycles. The quantitative estimate of drug-likeness (QED) is 0.486. The largest absolute Gasteiger partial charge is 0.458 e. The van der Waals surface area contributed by atoms with Crippen LogP contribution in [-0.4, -0.2) is 33.8 Å². The van der Waals surface area contributed by atoms with Crippen LogP contribution >= 0.6 is 0 Å². The lowest BCUT2D eigenvalue weighted by Crippen LogP contribution is -2.69. The van der Waals surface area contributed by atoms with Gasteiger partial charge in [0.25, 0.3) is 0 Å². The Kier molecular flexibility index (Phi) is 9.07. The highest BCUT2D eigenvalue weighted by atomic mass is 29.3. The third-order valence-electron chi connectivity index (χ3n) is 4.83. The van der Waals surface area contributed by atoms with E-state index in [-0.39, 0.29) is 0 Å². The van der Waals surface area contributed by atoms with E-state index in [4.69, 9.17) is 8.23 Å². The third-order valence-corrected chi connectivity index (χ3v) is 30.9.